The van der Waals surface area contributed by atoms with Gasteiger partial charge in [-0.15, -0.1) is 0 Å². The fourth-order valence-electron chi connectivity index (χ4n) is 1.28. The Morgan fingerprint density at radius 3 is 2.35 bits per heavy atom. The van der Waals surface area contributed by atoms with Crippen molar-refractivity contribution in [2.45, 2.75) is 0 Å². The smallest absolute Gasteiger partial charge is 0.223 e. The molecular formula is C10H11ClN6. The normalized spacial score (nSPS) is 10.0. The van der Waals surface area contributed by atoms with E-state index in [2.05, 4.69) is 20.7 Å². The van der Waals surface area contributed by atoms with E-state index in [4.69, 9.17) is 23.2 Å². The first-order valence-electron chi connectivity index (χ1n) is 4.81. The van der Waals surface area contributed by atoms with Gasteiger partial charge in [0.2, 0.25) is 5.95 Å². The van der Waals surface area contributed by atoms with Crippen LogP contribution in [0.4, 0.5) is 23.3 Å². The van der Waals surface area contributed by atoms with Crippen molar-refractivity contribution in [3.05, 3.63) is 35.4 Å². The summed E-state index contributed by atoms with van der Waals surface area (Å²) in [7, 11) is 0. The Morgan fingerprint density at radius 1 is 1.06 bits per heavy atom. The Hall–Kier alpha value is -2.05. The number of halogens is 1. The molecular weight excluding hydrogens is 240 g/mol. The summed E-state index contributed by atoms with van der Waals surface area (Å²) in [5.41, 5.74) is 8.79. The van der Waals surface area contributed by atoms with Gasteiger partial charge in [0.15, 0.2) is 0 Å². The third-order valence-corrected chi connectivity index (χ3v) is 2.26. The molecule has 88 valence electrons. The molecule has 0 unspecified atom stereocenters. The highest BCUT2D eigenvalue weighted by Gasteiger charge is 2.01. The summed E-state index contributed by atoms with van der Waals surface area (Å²) in [6, 6.07) is 8.85. The summed E-state index contributed by atoms with van der Waals surface area (Å²) in [4.78, 5) is 7.90. The predicted molar refractivity (Wildman–Crippen MR) is 69.0 cm³/mol. The van der Waals surface area contributed by atoms with Crippen LogP contribution < -0.4 is 22.3 Å². The highest BCUT2D eigenvalue weighted by Crippen LogP contribution is 2.19. The van der Waals surface area contributed by atoms with Crippen molar-refractivity contribution in [3.8, 4) is 0 Å². The molecule has 0 amide bonds. The Balaban J connectivity index is 2.23. The summed E-state index contributed by atoms with van der Waals surface area (Å²) < 4.78 is 0. The molecule has 0 saturated heterocycles. The van der Waals surface area contributed by atoms with Crippen molar-refractivity contribution in [2.24, 2.45) is 5.84 Å². The molecule has 1 aromatic heterocycles. The van der Waals surface area contributed by atoms with Crippen LogP contribution in [0.1, 0.15) is 0 Å². The van der Waals surface area contributed by atoms with Crippen LogP contribution in [0.25, 0.3) is 0 Å². The van der Waals surface area contributed by atoms with Crippen molar-refractivity contribution in [1.29, 1.82) is 0 Å². The molecule has 0 fully saturated rings. The lowest BCUT2D eigenvalue weighted by molar-refractivity contribution is 1.15. The van der Waals surface area contributed by atoms with Gasteiger partial charge in [0.05, 0.1) is 0 Å². The maximum absolute atomic E-state index is 5.79. The second-order valence-corrected chi connectivity index (χ2v) is 3.71. The molecule has 2 aromatic rings. The van der Waals surface area contributed by atoms with Crippen molar-refractivity contribution in [2.75, 3.05) is 16.5 Å². The molecule has 17 heavy (non-hydrogen) atoms. The maximum Gasteiger partial charge on any atom is 0.223 e. The Bertz CT molecular complexity index is 513. The van der Waals surface area contributed by atoms with Crippen LogP contribution >= 0.6 is 11.6 Å². The van der Waals surface area contributed by atoms with Gasteiger partial charge in [0.25, 0.3) is 0 Å². The molecule has 0 bridgehead atoms. The third kappa shape index (κ3) is 2.96. The summed E-state index contributed by atoms with van der Waals surface area (Å²) in [5.74, 6) is 6.38. The van der Waals surface area contributed by atoms with E-state index in [1.54, 1.807) is 18.2 Å². The van der Waals surface area contributed by atoms with Crippen LogP contribution in [0.5, 0.6) is 0 Å². The number of benzene rings is 1. The Kier molecular flexibility index (Phi) is 3.27. The minimum Gasteiger partial charge on any atom is -0.368 e. The van der Waals surface area contributed by atoms with Gasteiger partial charge in [-0.05, 0) is 24.3 Å². The first kappa shape index (κ1) is 11.4. The Morgan fingerprint density at radius 2 is 1.71 bits per heavy atom. The highest BCUT2D eigenvalue weighted by molar-refractivity contribution is 6.30. The molecule has 0 atom stereocenters. The zero-order chi connectivity index (χ0) is 12.3. The molecule has 0 aliphatic heterocycles. The monoisotopic (exact) mass is 250 g/mol. The second kappa shape index (κ2) is 4.86. The van der Waals surface area contributed by atoms with E-state index in [9.17, 15) is 0 Å². The lowest BCUT2D eigenvalue weighted by atomic mass is 10.3. The van der Waals surface area contributed by atoms with E-state index >= 15 is 0 Å². The molecule has 0 aliphatic carbocycles. The first-order chi connectivity index (χ1) is 8.17. The van der Waals surface area contributed by atoms with Crippen LogP contribution in [0.3, 0.4) is 0 Å². The van der Waals surface area contributed by atoms with Gasteiger partial charge in [0.1, 0.15) is 11.6 Å². The zero-order valence-corrected chi connectivity index (χ0v) is 9.57. The van der Waals surface area contributed by atoms with Crippen LogP contribution in [-0.4, -0.2) is 9.97 Å². The molecule has 2 rings (SSSR count). The van der Waals surface area contributed by atoms with Crippen LogP contribution in [0, 0.1) is 0 Å². The maximum atomic E-state index is 5.79. The number of nitrogens with one attached hydrogen (secondary N) is 2. The second-order valence-electron chi connectivity index (χ2n) is 3.27. The Labute approximate surface area is 103 Å². The van der Waals surface area contributed by atoms with Crippen LogP contribution in [-0.2, 0) is 0 Å². The quantitative estimate of drug-likeness (QED) is 0.489. The third-order valence-electron chi connectivity index (χ3n) is 2.01. The number of rotatable bonds is 3. The van der Waals surface area contributed by atoms with Crippen molar-refractivity contribution < 1.29 is 0 Å². The topological polar surface area (TPSA) is 102 Å². The molecule has 0 aliphatic rings. The molecule has 1 aromatic carbocycles. The number of hydrogen-bond donors (Lipinski definition) is 4. The average Bonchev–Trinajstić information content (AvgIpc) is 2.31. The number of anilines is 4. The van der Waals surface area contributed by atoms with Gasteiger partial charge >= 0.3 is 0 Å². The number of nitrogens with two attached hydrogens (primary N) is 2. The van der Waals surface area contributed by atoms with Gasteiger partial charge in [-0.25, -0.2) is 5.84 Å². The largest absolute Gasteiger partial charge is 0.368 e. The van der Waals surface area contributed by atoms with E-state index < -0.39 is 0 Å². The lowest BCUT2D eigenvalue weighted by Crippen LogP contribution is -2.11. The molecule has 6 N–H and O–H groups in total. The molecule has 6 nitrogen and oxygen atoms in total. The van der Waals surface area contributed by atoms with Crippen molar-refractivity contribution in [1.82, 2.24) is 9.97 Å². The SMILES string of the molecule is NNc1cc(Nc2ccc(Cl)cc2)nc(N)n1. The standard InChI is InChI=1S/C10H11ClN6/c11-6-1-3-7(4-2-6)14-8-5-9(17-13)16-10(12)15-8/h1-5H,13H2,(H4,12,14,15,16,17). The fraction of sp³-hybridized carbons (Fsp3) is 0. The van der Waals surface area contributed by atoms with Crippen LogP contribution in [0.2, 0.25) is 5.02 Å². The average molecular weight is 251 g/mol. The van der Waals surface area contributed by atoms with Gasteiger partial charge < -0.3 is 16.5 Å². The lowest BCUT2D eigenvalue weighted by Gasteiger charge is -2.07. The predicted octanol–water partition coefficient (Wildman–Crippen LogP) is 1.74. The number of aromatic nitrogens is 2. The molecule has 1 heterocycles. The number of hydrazine groups is 1. The summed E-state index contributed by atoms with van der Waals surface area (Å²) in [6.45, 7) is 0. The summed E-state index contributed by atoms with van der Waals surface area (Å²) in [6.07, 6.45) is 0. The zero-order valence-electron chi connectivity index (χ0n) is 8.81. The van der Waals surface area contributed by atoms with Gasteiger partial charge in [0, 0.05) is 16.8 Å². The van der Waals surface area contributed by atoms with E-state index in [0.29, 0.717) is 16.7 Å². The van der Waals surface area contributed by atoms with Gasteiger partial charge in [-0.2, -0.15) is 9.97 Å². The van der Waals surface area contributed by atoms with E-state index in [1.165, 1.54) is 0 Å². The molecule has 0 spiro atoms. The van der Waals surface area contributed by atoms with Crippen molar-refractivity contribution >= 4 is 34.9 Å². The summed E-state index contributed by atoms with van der Waals surface area (Å²) in [5, 5.41) is 3.73. The van der Waals surface area contributed by atoms with E-state index in [0.717, 1.165) is 5.69 Å². The molecule has 0 saturated carbocycles. The summed E-state index contributed by atoms with van der Waals surface area (Å²) >= 11 is 5.79. The van der Waals surface area contributed by atoms with Gasteiger partial charge in [-0.3, -0.25) is 0 Å². The molecule has 0 radical (unpaired) electrons. The molecule has 7 heteroatoms. The van der Waals surface area contributed by atoms with Crippen LogP contribution in [0.15, 0.2) is 30.3 Å². The van der Waals surface area contributed by atoms with E-state index in [-0.39, 0.29) is 5.95 Å². The number of nitrogen functional groups attached to an aromatic ring is 2. The number of nitrogens with zero attached hydrogens (tertiary/aromatic N) is 2. The van der Waals surface area contributed by atoms with Crippen molar-refractivity contribution in [3.63, 3.8) is 0 Å². The minimum absolute atomic E-state index is 0.136. The minimum atomic E-state index is 0.136. The number of hydrogen-bond acceptors (Lipinski definition) is 6. The highest BCUT2D eigenvalue weighted by atomic mass is 35.5. The first-order valence-corrected chi connectivity index (χ1v) is 5.19. The van der Waals surface area contributed by atoms with Gasteiger partial charge in [-0.1, -0.05) is 11.6 Å². The fourth-order valence-corrected chi connectivity index (χ4v) is 1.41. The van der Waals surface area contributed by atoms with E-state index in [1.807, 2.05) is 12.1 Å².